The summed E-state index contributed by atoms with van der Waals surface area (Å²) in [7, 11) is -3.17. The van der Waals surface area contributed by atoms with Crippen molar-refractivity contribution in [3.63, 3.8) is 0 Å². The minimum absolute atomic E-state index is 0.0403. The van der Waals surface area contributed by atoms with Crippen molar-refractivity contribution >= 4 is 15.7 Å². The molecular formula is C16H24N2O3S. The van der Waals surface area contributed by atoms with Crippen molar-refractivity contribution in [1.82, 2.24) is 5.32 Å². The molecule has 1 aliphatic rings. The lowest BCUT2D eigenvalue weighted by Gasteiger charge is -2.32. The van der Waals surface area contributed by atoms with E-state index in [4.69, 9.17) is 5.73 Å². The van der Waals surface area contributed by atoms with E-state index in [0.29, 0.717) is 4.90 Å². The molecule has 3 atom stereocenters. The lowest BCUT2D eigenvalue weighted by atomic mass is 9.83. The number of carbonyl (C=O) groups excluding carboxylic acids is 1. The number of hydrogen-bond acceptors (Lipinski definition) is 4. The van der Waals surface area contributed by atoms with E-state index in [2.05, 4.69) is 5.32 Å². The average Bonchev–Trinajstić information content (AvgIpc) is 2.46. The fraction of sp³-hybridized carbons (Fsp3) is 0.562. The van der Waals surface area contributed by atoms with Crippen LogP contribution in [-0.2, 0) is 14.6 Å². The molecule has 0 unspecified atom stereocenters. The van der Waals surface area contributed by atoms with E-state index in [1.54, 1.807) is 12.1 Å². The second-order valence-corrected chi connectivity index (χ2v) is 8.15. The van der Waals surface area contributed by atoms with Crippen molar-refractivity contribution in [2.75, 3.05) is 6.26 Å². The second kappa shape index (κ2) is 6.79. The van der Waals surface area contributed by atoms with E-state index in [1.165, 1.54) is 6.26 Å². The Hall–Kier alpha value is -1.40. The van der Waals surface area contributed by atoms with Crippen LogP contribution in [0.2, 0.25) is 0 Å². The molecular weight excluding hydrogens is 300 g/mol. The van der Waals surface area contributed by atoms with Gasteiger partial charge in [-0.05, 0) is 37.5 Å². The van der Waals surface area contributed by atoms with Crippen LogP contribution in [0.5, 0.6) is 0 Å². The van der Waals surface area contributed by atoms with Crippen molar-refractivity contribution in [3.05, 3.63) is 29.8 Å². The van der Waals surface area contributed by atoms with E-state index < -0.39 is 9.84 Å². The van der Waals surface area contributed by atoms with Crippen molar-refractivity contribution < 1.29 is 13.2 Å². The fourth-order valence-electron chi connectivity index (χ4n) is 3.09. The molecule has 3 N–H and O–H groups in total. The Morgan fingerprint density at radius 2 is 1.82 bits per heavy atom. The predicted molar refractivity (Wildman–Crippen MR) is 86.0 cm³/mol. The number of nitrogens with two attached hydrogens (primary N) is 1. The largest absolute Gasteiger partial charge is 0.369 e. The van der Waals surface area contributed by atoms with Gasteiger partial charge < -0.3 is 11.1 Å². The average molecular weight is 324 g/mol. The van der Waals surface area contributed by atoms with Crippen molar-refractivity contribution in [2.24, 2.45) is 11.7 Å². The summed E-state index contributed by atoms with van der Waals surface area (Å²) in [6.45, 7) is 2.02. The topological polar surface area (TPSA) is 89.3 Å². The van der Waals surface area contributed by atoms with Crippen LogP contribution in [0.25, 0.3) is 0 Å². The van der Waals surface area contributed by atoms with Crippen LogP contribution in [0.4, 0.5) is 0 Å². The minimum Gasteiger partial charge on any atom is -0.369 e. The van der Waals surface area contributed by atoms with Crippen LogP contribution >= 0.6 is 0 Å². The predicted octanol–water partition coefficient (Wildman–Crippen LogP) is 1.78. The summed E-state index contributed by atoms with van der Waals surface area (Å²) < 4.78 is 23.0. The molecule has 5 nitrogen and oxygen atoms in total. The molecule has 0 saturated heterocycles. The first kappa shape index (κ1) is 17.0. The molecule has 0 heterocycles. The Bertz CT molecular complexity index is 625. The van der Waals surface area contributed by atoms with Gasteiger partial charge in [0.25, 0.3) is 0 Å². The number of carbonyl (C=O) groups is 1. The summed E-state index contributed by atoms with van der Waals surface area (Å²) in [5.74, 6) is -0.358. The van der Waals surface area contributed by atoms with E-state index in [-0.39, 0.29) is 23.9 Å². The lowest BCUT2D eigenvalue weighted by Crippen LogP contribution is -2.45. The summed E-state index contributed by atoms with van der Waals surface area (Å²) in [6.07, 6.45) is 5.12. The highest BCUT2D eigenvalue weighted by molar-refractivity contribution is 7.90. The number of nitrogens with one attached hydrogen (secondary N) is 1. The summed E-state index contributed by atoms with van der Waals surface area (Å²) in [5.41, 5.74) is 6.50. The Morgan fingerprint density at radius 3 is 2.36 bits per heavy atom. The molecule has 1 fully saturated rings. The van der Waals surface area contributed by atoms with Crippen molar-refractivity contribution in [2.45, 2.75) is 49.6 Å². The van der Waals surface area contributed by atoms with Crippen LogP contribution in [0.1, 0.15) is 44.2 Å². The highest BCUT2D eigenvalue weighted by Crippen LogP contribution is 2.27. The summed E-state index contributed by atoms with van der Waals surface area (Å²) in [6, 6.07) is 7.01. The van der Waals surface area contributed by atoms with Gasteiger partial charge in [0.05, 0.1) is 10.8 Å². The molecule has 122 valence electrons. The lowest BCUT2D eigenvalue weighted by molar-refractivity contribution is -0.123. The van der Waals surface area contributed by atoms with Gasteiger partial charge in [0.2, 0.25) is 5.91 Å². The number of rotatable bonds is 5. The maximum atomic E-state index is 11.6. The smallest absolute Gasteiger partial charge is 0.222 e. The standard InChI is InChI=1S/C16H24N2O3S/c1-11(12-7-9-13(10-8-12)22(2,20)21)18-15-6-4-3-5-14(15)16(17)19/h7-11,14-15,18H,3-6H2,1-2H3,(H2,17,19)/t11-,14-,15-/m0/s1. The number of hydrogen-bond donors (Lipinski definition) is 2. The van der Waals surface area contributed by atoms with Gasteiger partial charge in [-0.15, -0.1) is 0 Å². The summed E-state index contributed by atoms with van der Waals surface area (Å²) in [4.78, 5) is 11.9. The van der Waals surface area contributed by atoms with Gasteiger partial charge in [-0.1, -0.05) is 25.0 Å². The van der Waals surface area contributed by atoms with Crippen LogP contribution < -0.4 is 11.1 Å². The van der Waals surface area contributed by atoms with Gasteiger partial charge in [-0.3, -0.25) is 4.79 Å². The monoisotopic (exact) mass is 324 g/mol. The van der Waals surface area contributed by atoms with Crippen molar-refractivity contribution in [1.29, 1.82) is 0 Å². The van der Waals surface area contributed by atoms with Gasteiger partial charge in [0.1, 0.15) is 0 Å². The molecule has 1 aromatic carbocycles. The maximum absolute atomic E-state index is 11.6. The highest BCUT2D eigenvalue weighted by atomic mass is 32.2. The van der Waals surface area contributed by atoms with E-state index in [1.807, 2.05) is 19.1 Å². The zero-order valence-electron chi connectivity index (χ0n) is 13.1. The normalized spacial score (nSPS) is 23.9. The van der Waals surface area contributed by atoms with Crippen LogP contribution in [0.15, 0.2) is 29.2 Å². The van der Waals surface area contributed by atoms with Crippen LogP contribution in [0.3, 0.4) is 0 Å². The molecule has 1 saturated carbocycles. The highest BCUT2D eigenvalue weighted by Gasteiger charge is 2.30. The molecule has 0 radical (unpaired) electrons. The van der Waals surface area contributed by atoms with Crippen LogP contribution in [-0.4, -0.2) is 26.6 Å². The molecule has 22 heavy (non-hydrogen) atoms. The fourth-order valence-corrected chi connectivity index (χ4v) is 3.72. The molecule has 1 amide bonds. The third-order valence-electron chi connectivity index (χ3n) is 4.40. The van der Waals surface area contributed by atoms with Gasteiger partial charge in [0.15, 0.2) is 9.84 Å². The first-order valence-corrected chi connectivity index (χ1v) is 9.53. The summed E-state index contributed by atoms with van der Waals surface area (Å²) >= 11 is 0. The third kappa shape index (κ3) is 4.08. The maximum Gasteiger partial charge on any atom is 0.222 e. The quantitative estimate of drug-likeness (QED) is 0.864. The molecule has 1 aliphatic carbocycles. The Balaban J connectivity index is 2.08. The zero-order chi connectivity index (χ0) is 16.3. The number of primary amides is 1. The molecule has 0 aromatic heterocycles. The SMILES string of the molecule is C[C@H](N[C@H]1CCCC[C@@H]1C(N)=O)c1ccc(S(C)(=O)=O)cc1. The Kier molecular flexibility index (Phi) is 5.24. The van der Waals surface area contributed by atoms with Gasteiger partial charge in [0, 0.05) is 18.3 Å². The molecule has 0 aliphatic heterocycles. The van der Waals surface area contributed by atoms with Gasteiger partial charge in [-0.2, -0.15) is 0 Å². The van der Waals surface area contributed by atoms with E-state index >= 15 is 0 Å². The third-order valence-corrected chi connectivity index (χ3v) is 5.53. The zero-order valence-corrected chi connectivity index (χ0v) is 13.9. The van der Waals surface area contributed by atoms with E-state index in [9.17, 15) is 13.2 Å². The number of amides is 1. The first-order valence-electron chi connectivity index (χ1n) is 7.64. The first-order chi connectivity index (χ1) is 10.3. The number of benzene rings is 1. The van der Waals surface area contributed by atoms with Crippen molar-refractivity contribution in [3.8, 4) is 0 Å². The molecule has 2 rings (SSSR count). The van der Waals surface area contributed by atoms with E-state index in [0.717, 1.165) is 31.2 Å². The van der Waals surface area contributed by atoms with Gasteiger partial charge >= 0.3 is 0 Å². The minimum atomic E-state index is -3.17. The number of sulfone groups is 1. The van der Waals surface area contributed by atoms with Crippen LogP contribution in [0, 0.1) is 5.92 Å². The Morgan fingerprint density at radius 1 is 1.23 bits per heavy atom. The second-order valence-electron chi connectivity index (χ2n) is 6.13. The molecule has 1 aromatic rings. The van der Waals surface area contributed by atoms with Gasteiger partial charge in [-0.25, -0.2) is 8.42 Å². The molecule has 0 bridgehead atoms. The summed E-state index contributed by atoms with van der Waals surface area (Å²) in [5, 5.41) is 3.47. The molecule has 0 spiro atoms. The molecule has 6 heteroatoms. The Labute approximate surface area is 132 Å².